The molecule has 6 rings (SSSR count). The van der Waals surface area contributed by atoms with Gasteiger partial charge in [-0.2, -0.15) is 0 Å². The second-order valence-electron chi connectivity index (χ2n) is 11.6. The molecule has 0 amide bonds. The molecule has 2 aliphatic heterocycles. The van der Waals surface area contributed by atoms with Gasteiger partial charge < -0.3 is 9.97 Å². The Morgan fingerprint density at radius 3 is 1.40 bits per heavy atom. The van der Waals surface area contributed by atoms with Gasteiger partial charge in [0.25, 0.3) is 0 Å². The zero-order valence-electron chi connectivity index (χ0n) is 26.3. The van der Waals surface area contributed by atoms with Gasteiger partial charge in [-0.25, -0.2) is 9.97 Å². The molecule has 0 unspecified atom stereocenters. The summed E-state index contributed by atoms with van der Waals surface area (Å²) in [6, 6.07) is 17.5. The fraction of sp³-hybridized carbons (Fsp3) is 0.316. The number of H-pyrrole nitrogens is 2. The Hall–Kier alpha value is -4.18. The molecule has 0 saturated carbocycles. The molecule has 4 heteroatoms. The molecule has 214 valence electrons. The highest BCUT2D eigenvalue weighted by Crippen LogP contribution is 2.43. The van der Waals surface area contributed by atoms with E-state index in [0.29, 0.717) is 0 Å². The van der Waals surface area contributed by atoms with Crippen molar-refractivity contribution in [2.75, 3.05) is 0 Å². The number of aryl methyl sites for hydroxylation is 4. The van der Waals surface area contributed by atoms with Crippen molar-refractivity contribution in [3.8, 4) is 11.1 Å². The van der Waals surface area contributed by atoms with E-state index in [4.69, 9.17) is 9.97 Å². The molecule has 0 spiro atoms. The zero-order chi connectivity index (χ0) is 29.7. The highest BCUT2D eigenvalue weighted by atomic mass is 14.8. The van der Waals surface area contributed by atoms with E-state index in [1.807, 2.05) is 0 Å². The van der Waals surface area contributed by atoms with Gasteiger partial charge in [-0.15, -0.1) is 0 Å². The minimum Gasteiger partial charge on any atom is -0.355 e. The summed E-state index contributed by atoms with van der Waals surface area (Å²) in [6.07, 6.45) is 3.77. The number of nitrogens with zero attached hydrogens (tertiary/aromatic N) is 2. The van der Waals surface area contributed by atoms with Crippen LogP contribution in [0.15, 0.2) is 48.5 Å². The van der Waals surface area contributed by atoms with Gasteiger partial charge in [0, 0.05) is 27.6 Å². The zero-order valence-corrected chi connectivity index (χ0v) is 26.3. The van der Waals surface area contributed by atoms with E-state index in [0.717, 1.165) is 70.6 Å². The van der Waals surface area contributed by atoms with E-state index in [-0.39, 0.29) is 0 Å². The quantitative estimate of drug-likeness (QED) is 0.258. The summed E-state index contributed by atoms with van der Waals surface area (Å²) < 4.78 is 0. The monoisotopic (exact) mass is 554 g/mol. The summed E-state index contributed by atoms with van der Waals surface area (Å²) in [5.41, 5.74) is 21.4. The second kappa shape index (κ2) is 10.9. The smallest absolute Gasteiger partial charge is 0.0769 e. The van der Waals surface area contributed by atoms with Gasteiger partial charge in [0.15, 0.2) is 0 Å². The Kier molecular flexibility index (Phi) is 7.26. The molecule has 0 aliphatic carbocycles. The standard InChI is InChI=1S/C38H42N4/c1-9-26-21(5)30-18-34-28(11-3)23(7)37(41-34)36(25-16-14-13-15-17-25)38-24(8)29(12-4)35(42-38)19-31-22(6)27(10-2)33(40-31)20-32(26)39-30/h13-20,39-40H,9-12H2,1-8H3. The summed E-state index contributed by atoms with van der Waals surface area (Å²) in [5.74, 6) is 0. The molecule has 0 radical (unpaired) electrons. The van der Waals surface area contributed by atoms with E-state index in [9.17, 15) is 0 Å². The maximum atomic E-state index is 5.40. The summed E-state index contributed by atoms with van der Waals surface area (Å²) in [6.45, 7) is 17.9. The van der Waals surface area contributed by atoms with E-state index in [1.54, 1.807) is 0 Å². The van der Waals surface area contributed by atoms with Crippen molar-refractivity contribution < 1.29 is 0 Å². The fourth-order valence-corrected chi connectivity index (χ4v) is 7.04. The Morgan fingerprint density at radius 1 is 0.548 bits per heavy atom. The van der Waals surface area contributed by atoms with E-state index in [1.165, 1.54) is 55.6 Å². The molecule has 3 aromatic heterocycles. The van der Waals surface area contributed by atoms with E-state index < -0.39 is 0 Å². The molecule has 42 heavy (non-hydrogen) atoms. The number of hydrogen-bond donors (Lipinski definition) is 2. The number of rotatable bonds is 5. The summed E-state index contributed by atoms with van der Waals surface area (Å²) in [7, 11) is 0. The molecule has 2 N–H and O–H groups in total. The lowest BCUT2D eigenvalue weighted by atomic mass is 9.93. The topological polar surface area (TPSA) is 57.4 Å². The Labute approximate surface area is 249 Å². The summed E-state index contributed by atoms with van der Waals surface area (Å²) in [5, 5.41) is 0. The number of hydrogen-bond acceptors (Lipinski definition) is 2. The first-order valence-corrected chi connectivity index (χ1v) is 15.5. The van der Waals surface area contributed by atoms with Crippen LogP contribution >= 0.6 is 0 Å². The van der Waals surface area contributed by atoms with Gasteiger partial charge in [0.05, 0.1) is 22.8 Å². The lowest BCUT2D eigenvalue weighted by Crippen LogP contribution is -1.93. The van der Waals surface area contributed by atoms with Crippen molar-refractivity contribution >= 4 is 44.4 Å². The predicted octanol–water partition coefficient (Wildman–Crippen LogP) is 10.4. The molecule has 1 aromatic carbocycles. The van der Waals surface area contributed by atoms with Gasteiger partial charge in [-0.3, -0.25) is 0 Å². The van der Waals surface area contributed by atoms with Crippen LogP contribution in [0.5, 0.6) is 0 Å². The highest BCUT2D eigenvalue weighted by Gasteiger charge is 2.26. The van der Waals surface area contributed by atoms with Crippen molar-refractivity contribution in [1.29, 1.82) is 0 Å². The molecule has 2 aliphatic rings. The summed E-state index contributed by atoms with van der Waals surface area (Å²) in [4.78, 5) is 18.4. The molecule has 0 saturated heterocycles. The van der Waals surface area contributed by atoms with Crippen LogP contribution in [0.25, 0.3) is 55.5 Å². The first kappa shape index (κ1) is 28.0. The van der Waals surface area contributed by atoms with Crippen LogP contribution in [0.1, 0.15) is 99.4 Å². The Balaban J connectivity index is 1.89. The maximum Gasteiger partial charge on any atom is 0.0769 e. The minimum absolute atomic E-state index is 0.920. The summed E-state index contributed by atoms with van der Waals surface area (Å²) >= 11 is 0. The van der Waals surface area contributed by atoms with Crippen molar-refractivity contribution in [2.24, 2.45) is 0 Å². The fourth-order valence-electron chi connectivity index (χ4n) is 7.04. The molecule has 0 atom stereocenters. The first-order valence-electron chi connectivity index (χ1n) is 15.5. The first-order chi connectivity index (χ1) is 20.3. The molecule has 4 nitrogen and oxygen atoms in total. The average molecular weight is 555 g/mol. The highest BCUT2D eigenvalue weighted by molar-refractivity contribution is 6.02. The van der Waals surface area contributed by atoms with Crippen LogP contribution in [-0.4, -0.2) is 19.9 Å². The molecule has 5 heterocycles. The normalized spacial score (nSPS) is 13.4. The molecular weight excluding hydrogens is 512 g/mol. The van der Waals surface area contributed by atoms with E-state index in [2.05, 4.69) is 114 Å². The number of benzene rings is 1. The molecule has 8 bridgehead atoms. The van der Waals surface area contributed by atoms with Gasteiger partial charge in [-0.1, -0.05) is 58.0 Å². The number of aromatic nitrogens is 4. The maximum absolute atomic E-state index is 5.40. The van der Waals surface area contributed by atoms with Gasteiger partial charge in [0.2, 0.25) is 0 Å². The Bertz CT molecular complexity index is 1820. The second-order valence-corrected chi connectivity index (χ2v) is 11.6. The SMILES string of the molecule is CCC1=C(C)c2nc1cc1[nH]c(cc3[nH]c(cc4nc(c2-c2ccccc2)C(C)=C4CC)c(C)c3CC)c(CC)c1C. The van der Waals surface area contributed by atoms with Crippen LogP contribution < -0.4 is 0 Å². The van der Waals surface area contributed by atoms with Gasteiger partial charge >= 0.3 is 0 Å². The lowest BCUT2D eigenvalue weighted by molar-refractivity contribution is 1.14. The molecular formula is C38H42N4. The van der Waals surface area contributed by atoms with E-state index >= 15 is 0 Å². The molecule has 0 fully saturated rings. The minimum atomic E-state index is 0.920. The number of allylic oxidation sites excluding steroid dienone is 4. The van der Waals surface area contributed by atoms with Gasteiger partial charge in [0.1, 0.15) is 0 Å². The predicted molar refractivity (Wildman–Crippen MR) is 180 cm³/mol. The van der Waals surface area contributed by atoms with Crippen LogP contribution in [0.4, 0.5) is 0 Å². The van der Waals surface area contributed by atoms with Crippen LogP contribution in [0.2, 0.25) is 0 Å². The largest absolute Gasteiger partial charge is 0.355 e. The lowest BCUT2D eigenvalue weighted by Gasteiger charge is -2.10. The average Bonchev–Trinajstić information content (AvgIpc) is 3.66. The number of aromatic amines is 2. The number of fused-ring (bicyclic) bond motifs is 8. The van der Waals surface area contributed by atoms with Crippen molar-refractivity contribution in [3.63, 3.8) is 0 Å². The van der Waals surface area contributed by atoms with Crippen molar-refractivity contribution in [2.45, 2.75) is 81.1 Å². The van der Waals surface area contributed by atoms with Crippen molar-refractivity contribution in [1.82, 2.24) is 19.9 Å². The number of nitrogens with one attached hydrogen (secondary N) is 2. The third-order valence-corrected chi connectivity index (χ3v) is 9.40. The third kappa shape index (κ3) is 4.36. The van der Waals surface area contributed by atoms with Crippen molar-refractivity contribution in [3.05, 3.63) is 93.6 Å². The van der Waals surface area contributed by atoms with Crippen LogP contribution in [-0.2, 0) is 12.8 Å². The third-order valence-electron chi connectivity index (χ3n) is 9.40. The van der Waals surface area contributed by atoms with Crippen LogP contribution in [0.3, 0.4) is 0 Å². The molecule has 4 aromatic rings. The Morgan fingerprint density at radius 2 is 1.00 bits per heavy atom. The van der Waals surface area contributed by atoms with Crippen LogP contribution in [0, 0.1) is 13.8 Å². The van der Waals surface area contributed by atoms with Gasteiger partial charge in [-0.05, 0) is 122 Å².